The van der Waals surface area contributed by atoms with Gasteiger partial charge in [-0.3, -0.25) is 0 Å². The molecule has 0 aliphatic heterocycles. The van der Waals surface area contributed by atoms with Gasteiger partial charge in [-0.15, -0.1) is 0 Å². The molecular formula is C10H16N2O2. The summed E-state index contributed by atoms with van der Waals surface area (Å²) in [6.45, 7) is 0.0213. The average Bonchev–Trinajstić information content (AvgIpc) is 2.86. The molecule has 1 saturated carbocycles. The molecule has 2 atom stereocenters. The lowest BCUT2D eigenvalue weighted by molar-refractivity contribution is 0.106. The lowest BCUT2D eigenvalue weighted by Crippen LogP contribution is -2.07. The van der Waals surface area contributed by atoms with Crippen molar-refractivity contribution in [3.05, 3.63) is 18.2 Å². The molecule has 78 valence electrons. The highest BCUT2D eigenvalue weighted by molar-refractivity contribution is 4.97. The van der Waals surface area contributed by atoms with Crippen molar-refractivity contribution in [3.8, 4) is 0 Å². The van der Waals surface area contributed by atoms with E-state index in [-0.39, 0.29) is 6.61 Å². The molecule has 14 heavy (non-hydrogen) atoms. The molecule has 1 aromatic heterocycles. The lowest BCUT2D eigenvalue weighted by atomic mass is 10.2. The highest BCUT2D eigenvalue weighted by Gasteiger charge is 2.25. The molecule has 4 heteroatoms. The summed E-state index contributed by atoms with van der Waals surface area (Å²) < 4.78 is 7.40. The van der Waals surface area contributed by atoms with E-state index >= 15 is 0 Å². The molecule has 1 aliphatic carbocycles. The quantitative estimate of drug-likeness (QED) is 0.788. The first-order valence-electron chi connectivity index (χ1n) is 4.99. The third-order valence-electron chi connectivity index (χ3n) is 2.93. The monoisotopic (exact) mass is 196 g/mol. The number of aromatic nitrogens is 2. The highest BCUT2D eigenvalue weighted by atomic mass is 16.5. The van der Waals surface area contributed by atoms with E-state index in [4.69, 9.17) is 9.84 Å². The Balaban J connectivity index is 2.02. The van der Waals surface area contributed by atoms with Crippen LogP contribution >= 0.6 is 0 Å². The van der Waals surface area contributed by atoms with Gasteiger partial charge in [-0.05, 0) is 19.3 Å². The van der Waals surface area contributed by atoms with Gasteiger partial charge in [0, 0.05) is 19.3 Å². The number of hydrogen-bond acceptors (Lipinski definition) is 3. The van der Waals surface area contributed by atoms with Crippen LogP contribution in [0.15, 0.2) is 12.5 Å². The third kappa shape index (κ3) is 1.81. The zero-order valence-corrected chi connectivity index (χ0v) is 8.39. The maximum Gasteiger partial charge on any atom is 0.0953 e. The fraction of sp³-hybridized carbons (Fsp3) is 0.700. The molecule has 1 fully saturated rings. The first-order chi connectivity index (χ1) is 6.83. The molecule has 0 saturated heterocycles. The normalized spacial score (nSPS) is 27.0. The minimum absolute atomic E-state index is 0.0213. The Labute approximate surface area is 83.5 Å². The average molecular weight is 196 g/mol. The van der Waals surface area contributed by atoms with Crippen LogP contribution in [0.1, 0.15) is 31.0 Å². The van der Waals surface area contributed by atoms with E-state index in [0.29, 0.717) is 12.1 Å². The minimum atomic E-state index is 0.0213. The van der Waals surface area contributed by atoms with Gasteiger partial charge in [-0.2, -0.15) is 0 Å². The van der Waals surface area contributed by atoms with Crippen molar-refractivity contribution in [3.63, 3.8) is 0 Å². The number of ether oxygens (including phenoxy) is 1. The van der Waals surface area contributed by atoms with Crippen LogP contribution in [0, 0.1) is 0 Å². The van der Waals surface area contributed by atoms with Gasteiger partial charge in [-0.25, -0.2) is 4.98 Å². The third-order valence-corrected chi connectivity index (χ3v) is 2.93. The summed E-state index contributed by atoms with van der Waals surface area (Å²) in [7, 11) is 1.76. The fourth-order valence-corrected chi connectivity index (χ4v) is 2.06. The largest absolute Gasteiger partial charge is 0.390 e. The smallest absolute Gasteiger partial charge is 0.0953 e. The summed E-state index contributed by atoms with van der Waals surface area (Å²) in [4.78, 5) is 4.10. The Hall–Kier alpha value is -0.870. The number of aliphatic hydroxyl groups excluding tert-OH is 1. The van der Waals surface area contributed by atoms with Crippen molar-refractivity contribution in [2.24, 2.45) is 0 Å². The molecule has 0 amide bonds. The first-order valence-corrected chi connectivity index (χ1v) is 4.99. The van der Waals surface area contributed by atoms with Crippen molar-refractivity contribution in [1.82, 2.24) is 9.55 Å². The topological polar surface area (TPSA) is 47.3 Å². The van der Waals surface area contributed by atoms with Crippen LogP contribution in [0.4, 0.5) is 0 Å². The molecule has 0 aromatic carbocycles. The van der Waals surface area contributed by atoms with Crippen LogP contribution in [0.2, 0.25) is 0 Å². The molecule has 1 heterocycles. The number of aliphatic hydroxyl groups is 1. The number of nitrogens with zero attached hydrogens (tertiary/aromatic N) is 2. The summed E-state index contributed by atoms with van der Waals surface area (Å²) in [5.74, 6) is 0. The molecule has 0 spiro atoms. The van der Waals surface area contributed by atoms with Crippen LogP contribution in [0.5, 0.6) is 0 Å². The van der Waals surface area contributed by atoms with Gasteiger partial charge in [0.1, 0.15) is 0 Å². The van der Waals surface area contributed by atoms with E-state index in [2.05, 4.69) is 9.55 Å². The van der Waals surface area contributed by atoms with Crippen LogP contribution in [0.3, 0.4) is 0 Å². The summed E-state index contributed by atoms with van der Waals surface area (Å²) in [6, 6.07) is 0.493. The van der Waals surface area contributed by atoms with Crippen LogP contribution in [0.25, 0.3) is 0 Å². The Bertz CT molecular complexity index is 298. The van der Waals surface area contributed by atoms with Gasteiger partial charge >= 0.3 is 0 Å². The predicted molar refractivity (Wildman–Crippen MR) is 51.8 cm³/mol. The zero-order chi connectivity index (χ0) is 9.97. The molecule has 0 radical (unpaired) electrons. The van der Waals surface area contributed by atoms with Crippen molar-refractivity contribution < 1.29 is 9.84 Å². The number of hydrogen-bond donors (Lipinski definition) is 1. The van der Waals surface area contributed by atoms with Crippen molar-refractivity contribution >= 4 is 0 Å². The summed E-state index contributed by atoms with van der Waals surface area (Å²) in [5.41, 5.74) is 0.742. The van der Waals surface area contributed by atoms with E-state index in [1.165, 1.54) is 0 Å². The van der Waals surface area contributed by atoms with E-state index in [1.54, 1.807) is 13.4 Å². The predicted octanol–water partition coefficient (Wildman–Crippen LogP) is 1.12. The SMILES string of the molecule is COC1CCC(n2cnc(CO)c2)C1. The maximum atomic E-state index is 8.89. The molecule has 1 N–H and O–H groups in total. The number of imidazole rings is 1. The highest BCUT2D eigenvalue weighted by Crippen LogP contribution is 2.31. The Morgan fingerprint density at radius 3 is 3.07 bits per heavy atom. The second-order valence-electron chi connectivity index (χ2n) is 3.79. The summed E-state index contributed by atoms with van der Waals surface area (Å²) in [6.07, 6.45) is 7.42. The number of methoxy groups -OCH3 is 1. The Kier molecular flexibility index (Phi) is 2.84. The van der Waals surface area contributed by atoms with Gasteiger partial charge in [-0.1, -0.05) is 0 Å². The van der Waals surface area contributed by atoms with E-state index in [9.17, 15) is 0 Å². The van der Waals surface area contributed by atoms with E-state index < -0.39 is 0 Å². The molecule has 4 nitrogen and oxygen atoms in total. The van der Waals surface area contributed by atoms with Crippen molar-refractivity contribution in [2.75, 3.05) is 7.11 Å². The summed E-state index contributed by atoms with van der Waals surface area (Å²) in [5, 5.41) is 8.89. The standard InChI is InChI=1S/C10H16N2O2/c1-14-10-3-2-9(4-10)12-5-8(6-13)11-7-12/h5,7,9-10,13H,2-4,6H2,1H3. The second kappa shape index (κ2) is 4.11. The molecule has 2 unspecified atom stereocenters. The van der Waals surface area contributed by atoms with E-state index in [0.717, 1.165) is 25.0 Å². The van der Waals surface area contributed by atoms with Crippen molar-refractivity contribution in [1.29, 1.82) is 0 Å². The van der Waals surface area contributed by atoms with Crippen LogP contribution < -0.4 is 0 Å². The fourth-order valence-electron chi connectivity index (χ4n) is 2.06. The van der Waals surface area contributed by atoms with Crippen molar-refractivity contribution in [2.45, 2.75) is 38.0 Å². The van der Waals surface area contributed by atoms with Gasteiger partial charge in [0.15, 0.2) is 0 Å². The molecule has 0 bridgehead atoms. The van der Waals surface area contributed by atoms with Crippen LogP contribution in [-0.4, -0.2) is 27.9 Å². The minimum Gasteiger partial charge on any atom is -0.390 e. The van der Waals surface area contributed by atoms with Gasteiger partial charge in [0.25, 0.3) is 0 Å². The zero-order valence-electron chi connectivity index (χ0n) is 8.39. The van der Waals surface area contributed by atoms with Gasteiger partial charge in [0.05, 0.1) is 24.7 Å². The molecule has 1 aromatic rings. The van der Waals surface area contributed by atoms with E-state index in [1.807, 2.05) is 6.20 Å². The number of rotatable bonds is 3. The van der Waals surface area contributed by atoms with Crippen LogP contribution in [-0.2, 0) is 11.3 Å². The maximum absolute atomic E-state index is 8.89. The molecular weight excluding hydrogens is 180 g/mol. The second-order valence-corrected chi connectivity index (χ2v) is 3.79. The molecule has 2 rings (SSSR count). The Morgan fingerprint density at radius 1 is 1.64 bits per heavy atom. The molecule has 1 aliphatic rings. The van der Waals surface area contributed by atoms with Gasteiger partial charge < -0.3 is 14.4 Å². The Morgan fingerprint density at radius 2 is 2.50 bits per heavy atom. The first kappa shape index (κ1) is 9.68. The summed E-state index contributed by atoms with van der Waals surface area (Å²) >= 11 is 0. The lowest BCUT2D eigenvalue weighted by Gasteiger charge is -2.11. The van der Waals surface area contributed by atoms with Gasteiger partial charge in [0.2, 0.25) is 0 Å².